The molecule has 0 unspecified atom stereocenters. The van der Waals surface area contributed by atoms with E-state index in [9.17, 15) is 9.18 Å². The van der Waals surface area contributed by atoms with E-state index < -0.39 is 0 Å². The van der Waals surface area contributed by atoms with Crippen molar-refractivity contribution in [3.8, 4) is 11.5 Å². The van der Waals surface area contributed by atoms with Crippen molar-refractivity contribution < 1.29 is 18.7 Å². The zero-order chi connectivity index (χ0) is 14.8. The molecule has 108 valence electrons. The average Bonchev–Trinajstić information content (AvgIpc) is 2.67. The first kappa shape index (κ1) is 13.4. The van der Waals surface area contributed by atoms with Crippen molar-refractivity contribution in [3.63, 3.8) is 0 Å². The van der Waals surface area contributed by atoms with Crippen molar-refractivity contribution in [2.75, 3.05) is 18.6 Å². The molecule has 0 bridgehead atoms. The van der Waals surface area contributed by atoms with E-state index in [4.69, 9.17) is 9.47 Å². The van der Waals surface area contributed by atoms with Gasteiger partial charge in [0.1, 0.15) is 5.82 Å². The van der Waals surface area contributed by atoms with Crippen molar-refractivity contribution in [2.45, 2.75) is 6.54 Å². The van der Waals surface area contributed by atoms with E-state index in [0.29, 0.717) is 23.7 Å². The summed E-state index contributed by atoms with van der Waals surface area (Å²) in [5.74, 6) is 0.665. The molecule has 2 aromatic rings. The molecule has 0 aromatic heterocycles. The lowest BCUT2D eigenvalue weighted by Crippen LogP contribution is -2.32. The van der Waals surface area contributed by atoms with E-state index >= 15 is 0 Å². The number of rotatable bonds is 2. The molecular weight excluding hydrogens is 273 g/mol. The third-order valence-electron chi connectivity index (χ3n) is 3.39. The monoisotopic (exact) mass is 287 g/mol. The summed E-state index contributed by atoms with van der Waals surface area (Å²) in [7, 11) is 1.56. The Labute approximate surface area is 121 Å². The molecular formula is C16H14FNO3. The molecule has 0 atom stereocenters. The van der Waals surface area contributed by atoms with E-state index in [2.05, 4.69) is 0 Å². The molecule has 0 saturated carbocycles. The lowest BCUT2D eigenvalue weighted by molar-refractivity contribution is -0.120. The molecule has 0 N–H and O–H groups in total. The Balaban J connectivity index is 1.99. The molecule has 4 nitrogen and oxygen atoms in total. The number of ether oxygens (including phenoxy) is 2. The van der Waals surface area contributed by atoms with Crippen molar-refractivity contribution in [1.29, 1.82) is 0 Å². The second kappa shape index (κ2) is 5.44. The zero-order valence-electron chi connectivity index (χ0n) is 11.5. The smallest absolute Gasteiger partial charge is 0.265 e. The van der Waals surface area contributed by atoms with Gasteiger partial charge in [-0.15, -0.1) is 0 Å². The first-order chi connectivity index (χ1) is 10.2. The third kappa shape index (κ3) is 2.54. The van der Waals surface area contributed by atoms with Gasteiger partial charge in [0.2, 0.25) is 0 Å². The number of hydrogen-bond donors (Lipinski definition) is 0. The minimum atomic E-state index is -0.334. The fraction of sp³-hybridized carbons (Fsp3) is 0.188. The number of nitrogens with zero attached hydrogens (tertiary/aromatic N) is 1. The van der Waals surface area contributed by atoms with Gasteiger partial charge in [0.15, 0.2) is 18.1 Å². The van der Waals surface area contributed by atoms with Crippen LogP contribution in [0.2, 0.25) is 0 Å². The van der Waals surface area contributed by atoms with Gasteiger partial charge in [0.05, 0.1) is 13.7 Å². The Morgan fingerprint density at radius 3 is 2.67 bits per heavy atom. The maximum Gasteiger partial charge on any atom is 0.265 e. The molecule has 3 rings (SSSR count). The van der Waals surface area contributed by atoms with Gasteiger partial charge < -0.3 is 14.4 Å². The number of hydrogen-bond acceptors (Lipinski definition) is 3. The van der Waals surface area contributed by atoms with Gasteiger partial charge in [-0.2, -0.15) is 0 Å². The quantitative estimate of drug-likeness (QED) is 0.852. The van der Waals surface area contributed by atoms with Crippen LogP contribution in [-0.4, -0.2) is 19.6 Å². The van der Waals surface area contributed by atoms with Crippen LogP contribution in [0, 0.1) is 5.82 Å². The van der Waals surface area contributed by atoms with Gasteiger partial charge in [0.25, 0.3) is 5.91 Å². The van der Waals surface area contributed by atoms with Gasteiger partial charge in [0, 0.05) is 11.3 Å². The van der Waals surface area contributed by atoms with Crippen molar-refractivity contribution in [1.82, 2.24) is 0 Å². The Bertz CT molecular complexity index is 670. The van der Waals surface area contributed by atoms with Gasteiger partial charge in [-0.3, -0.25) is 4.79 Å². The molecule has 2 aromatic carbocycles. The van der Waals surface area contributed by atoms with E-state index in [1.54, 1.807) is 30.2 Å². The van der Waals surface area contributed by atoms with Gasteiger partial charge in [-0.05, 0) is 30.3 Å². The minimum Gasteiger partial charge on any atom is -0.493 e. The Kier molecular flexibility index (Phi) is 3.48. The Morgan fingerprint density at radius 1 is 1.19 bits per heavy atom. The summed E-state index contributed by atoms with van der Waals surface area (Å²) in [4.78, 5) is 13.8. The van der Waals surface area contributed by atoms with E-state index in [-0.39, 0.29) is 18.3 Å². The average molecular weight is 287 g/mol. The zero-order valence-corrected chi connectivity index (χ0v) is 11.5. The summed E-state index contributed by atoms with van der Waals surface area (Å²) >= 11 is 0. The van der Waals surface area contributed by atoms with Crippen LogP contribution < -0.4 is 14.4 Å². The number of anilines is 1. The highest BCUT2D eigenvalue weighted by Crippen LogP contribution is 2.34. The number of benzene rings is 2. The lowest BCUT2D eigenvalue weighted by atomic mass is 10.1. The van der Waals surface area contributed by atoms with Crippen LogP contribution in [0.15, 0.2) is 42.5 Å². The van der Waals surface area contributed by atoms with Gasteiger partial charge in [-0.25, -0.2) is 4.39 Å². The number of carbonyl (C=O) groups excluding carboxylic acids is 1. The van der Waals surface area contributed by atoms with Crippen LogP contribution >= 0.6 is 0 Å². The maximum atomic E-state index is 13.0. The first-order valence-electron chi connectivity index (χ1n) is 6.53. The normalized spacial score (nSPS) is 14.2. The number of fused-ring (bicyclic) bond motifs is 1. The summed E-state index contributed by atoms with van der Waals surface area (Å²) in [6.45, 7) is 0.280. The summed E-state index contributed by atoms with van der Waals surface area (Å²) in [6.07, 6.45) is 0. The summed E-state index contributed by atoms with van der Waals surface area (Å²) in [6, 6.07) is 11.3. The molecule has 21 heavy (non-hydrogen) atoms. The maximum absolute atomic E-state index is 13.0. The number of carbonyl (C=O) groups is 1. The van der Waals surface area contributed by atoms with E-state index in [0.717, 1.165) is 5.56 Å². The molecule has 0 saturated heterocycles. The lowest BCUT2D eigenvalue weighted by Gasteiger charge is -2.20. The van der Waals surface area contributed by atoms with Gasteiger partial charge in [-0.1, -0.05) is 12.1 Å². The van der Waals surface area contributed by atoms with Crippen molar-refractivity contribution >= 4 is 11.6 Å². The first-order valence-corrected chi connectivity index (χ1v) is 6.53. The van der Waals surface area contributed by atoms with Crippen LogP contribution in [0.3, 0.4) is 0 Å². The summed E-state index contributed by atoms with van der Waals surface area (Å²) in [5, 5.41) is 0. The van der Waals surface area contributed by atoms with E-state index in [1.807, 2.05) is 12.1 Å². The van der Waals surface area contributed by atoms with E-state index in [1.165, 1.54) is 12.1 Å². The highest BCUT2D eigenvalue weighted by Gasteiger charge is 2.24. The fourth-order valence-electron chi connectivity index (χ4n) is 2.34. The Morgan fingerprint density at radius 2 is 1.95 bits per heavy atom. The van der Waals surface area contributed by atoms with Crippen LogP contribution in [0.1, 0.15) is 5.56 Å². The SMILES string of the molecule is COc1cccc2c1OCC(=O)N(c1ccc(F)cc1)C2. The molecule has 1 heterocycles. The standard InChI is InChI=1S/C16H14FNO3/c1-20-14-4-2-3-11-9-18(15(19)10-21-16(11)14)13-7-5-12(17)6-8-13/h2-8H,9-10H2,1H3. The van der Waals surface area contributed by atoms with Crippen LogP contribution in [0.25, 0.3) is 0 Å². The highest BCUT2D eigenvalue weighted by molar-refractivity contribution is 5.95. The van der Waals surface area contributed by atoms with Crippen molar-refractivity contribution in [2.24, 2.45) is 0 Å². The topological polar surface area (TPSA) is 38.8 Å². The second-order valence-corrected chi connectivity index (χ2v) is 4.69. The predicted molar refractivity (Wildman–Crippen MR) is 76.1 cm³/mol. The Hall–Kier alpha value is -2.56. The van der Waals surface area contributed by atoms with Crippen LogP contribution in [0.4, 0.5) is 10.1 Å². The molecule has 1 amide bonds. The highest BCUT2D eigenvalue weighted by atomic mass is 19.1. The summed E-state index contributed by atoms with van der Waals surface area (Å²) in [5.41, 5.74) is 1.49. The molecule has 0 fully saturated rings. The number of amides is 1. The molecule has 0 aliphatic carbocycles. The third-order valence-corrected chi connectivity index (χ3v) is 3.39. The number of halogens is 1. The number of para-hydroxylation sites is 1. The van der Waals surface area contributed by atoms with Gasteiger partial charge >= 0.3 is 0 Å². The summed E-state index contributed by atoms with van der Waals surface area (Å²) < 4.78 is 23.8. The molecule has 1 aliphatic heterocycles. The predicted octanol–water partition coefficient (Wildman–Crippen LogP) is 2.76. The van der Waals surface area contributed by atoms with Crippen LogP contribution in [0.5, 0.6) is 11.5 Å². The number of methoxy groups -OCH3 is 1. The van der Waals surface area contributed by atoms with Crippen molar-refractivity contribution in [3.05, 3.63) is 53.8 Å². The van der Waals surface area contributed by atoms with Crippen LogP contribution in [-0.2, 0) is 11.3 Å². The second-order valence-electron chi connectivity index (χ2n) is 4.69. The molecule has 1 aliphatic rings. The fourth-order valence-corrected chi connectivity index (χ4v) is 2.34. The minimum absolute atomic E-state index is 0.0786. The molecule has 0 radical (unpaired) electrons. The largest absolute Gasteiger partial charge is 0.493 e. The molecule has 5 heteroatoms. The molecule has 0 spiro atoms.